The molecule has 0 fully saturated rings. The van der Waals surface area contributed by atoms with Crippen LogP contribution in [0.25, 0.3) is 0 Å². The molecule has 0 rings (SSSR count). The van der Waals surface area contributed by atoms with Crippen LogP contribution in [0, 0.1) is 0 Å². The first-order chi connectivity index (χ1) is 39.6. The van der Waals surface area contributed by atoms with Gasteiger partial charge < -0.3 is 33.3 Å². The van der Waals surface area contributed by atoms with Crippen LogP contribution in [0.1, 0.15) is 232 Å². The summed E-state index contributed by atoms with van der Waals surface area (Å²) >= 11 is 0. The van der Waals surface area contributed by atoms with Gasteiger partial charge in [0.25, 0.3) is 0 Å². The van der Waals surface area contributed by atoms with E-state index in [1.54, 1.807) is 0 Å². The molecular formula is C72H117NO8. The van der Waals surface area contributed by atoms with E-state index in [-0.39, 0.29) is 38.6 Å². The van der Waals surface area contributed by atoms with Gasteiger partial charge in [0, 0.05) is 12.8 Å². The number of likely N-dealkylation sites (N-methyl/N-ethyl adjacent to an activating group) is 1. The van der Waals surface area contributed by atoms with Crippen molar-refractivity contribution in [3.05, 3.63) is 146 Å². The number of aliphatic carboxylic acids is 1. The summed E-state index contributed by atoms with van der Waals surface area (Å²) in [6.45, 7) is 4.48. The van der Waals surface area contributed by atoms with Crippen LogP contribution in [0.15, 0.2) is 146 Å². The highest BCUT2D eigenvalue weighted by molar-refractivity contribution is 5.70. The number of hydrogen-bond acceptors (Lipinski definition) is 8. The van der Waals surface area contributed by atoms with Crippen LogP contribution in [-0.4, -0.2) is 82.3 Å². The Morgan fingerprint density at radius 3 is 0.988 bits per heavy atom. The van der Waals surface area contributed by atoms with Gasteiger partial charge in [-0.1, -0.05) is 250 Å². The van der Waals surface area contributed by atoms with Gasteiger partial charge in [-0.3, -0.25) is 9.59 Å². The van der Waals surface area contributed by atoms with Gasteiger partial charge in [-0.05, 0) is 116 Å². The molecule has 81 heavy (non-hydrogen) atoms. The van der Waals surface area contributed by atoms with E-state index in [1.165, 1.54) is 70.6 Å². The van der Waals surface area contributed by atoms with Crippen molar-refractivity contribution in [1.82, 2.24) is 0 Å². The van der Waals surface area contributed by atoms with E-state index in [4.69, 9.17) is 18.9 Å². The Labute approximate surface area is 496 Å². The second kappa shape index (κ2) is 61.2. The van der Waals surface area contributed by atoms with E-state index in [0.717, 1.165) is 122 Å². The van der Waals surface area contributed by atoms with Crippen molar-refractivity contribution < 1.29 is 42.9 Å². The van der Waals surface area contributed by atoms with E-state index in [2.05, 4.69) is 160 Å². The van der Waals surface area contributed by atoms with Crippen molar-refractivity contribution in [2.45, 2.75) is 245 Å². The van der Waals surface area contributed by atoms with Gasteiger partial charge in [-0.2, -0.15) is 0 Å². The molecule has 2 atom stereocenters. The van der Waals surface area contributed by atoms with Crippen molar-refractivity contribution in [1.29, 1.82) is 0 Å². The molecule has 0 aliphatic carbocycles. The molecule has 0 amide bonds. The van der Waals surface area contributed by atoms with E-state index in [1.807, 2.05) is 21.1 Å². The van der Waals surface area contributed by atoms with E-state index >= 15 is 0 Å². The number of carbonyl (C=O) groups is 3. The third-order valence-corrected chi connectivity index (χ3v) is 13.1. The first-order valence-corrected chi connectivity index (χ1v) is 32.0. The highest BCUT2D eigenvalue weighted by atomic mass is 16.7. The Kier molecular flexibility index (Phi) is 57.6. The third kappa shape index (κ3) is 62.6. The minimum absolute atomic E-state index is 0.137. The fourth-order valence-electron chi connectivity index (χ4n) is 8.25. The van der Waals surface area contributed by atoms with Gasteiger partial charge in [-0.25, -0.2) is 0 Å². The highest BCUT2D eigenvalue weighted by Crippen LogP contribution is 2.15. The highest BCUT2D eigenvalue weighted by Gasteiger charge is 2.22. The van der Waals surface area contributed by atoms with Crippen molar-refractivity contribution in [3.63, 3.8) is 0 Å². The molecule has 2 unspecified atom stereocenters. The fourth-order valence-corrected chi connectivity index (χ4v) is 8.25. The first kappa shape index (κ1) is 76.2. The molecular weight excluding hydrogens is 1010 g/mol. The molecule has 0 heterocycles. The summed E-state index contributed by atoms with van der Waals surface area (Å²) in [7, 11) is 5.91. The average molecular weight is 1120 g/mol. The lowest BCUT2D eigenvalue weighted by Gasteiger charge is -2.26. The maximum atomic E-state index is 12.9. The predicted octanol–water partition coefficient (Wildman–Crippen LogP) is 18.2. The van der Waals surface area contributed by atoms with Crippen LogP contribution in [0.2, 0.25) is 0 Å². The average Bonchev–Trinajstić information content (AvgIpc) is 3.44. The number of hydrogen-bond donors (Lipinski definition) is 0. The van der Waals surface area contributed by atoms with Crippen molar-refractivity contribution in [2.24, 2.45) is 0 Å². The van der Waals surface area contributed by atoms with Crippen molar-refractivity contribution in [2.75, 3.05) is 47.5 Å². The summed E-state index contributed by atoms with van der Waals surface area (Å²) in [6.07, 6.45) is 86.3. The quantitative estimate of drug-likeness (QED) is 0.0195. The monoisotopic (exact) mass is 1120 g/mol. The number of nitrogens with zero attached hydrogens (tertiary/aromatic N) is 1. The minimum atomic E-state index is -1.64. The lowest BCUT2D eigenvalue weighted by Crippen LogP contribution is -2.44. The lowest BCUT2D eigenvalue weighted by atomic mass is 10.0. The maximum Gasteiger partial charge on any atom is 0.306 e. The molecule has 0 spiro atoms. The second-order valence-corrected chi connectivity index (χ2v) is 21.9. The van der Waals surface area contributed by atoms with Crippen LogP contribution < -0.4 is 5.11 Å². The minimum Gasteiger partial charge on any atom is -0.545 e. The van der Waals surface area contributed by atoms with Crippen molar-refractivity contribution >= 4 is 17.9 Å². The smallest absolute Gasteiger partial charge is 0.306 e. The Hall–Kier alpha value is -4.83. The number of carboxylic acids is 1. The number of carboxylic acid groups (broad SMARTS) is 1. The van der Waals surface area contributed by atoms with Gasteiger partial charge in [0.1, 0.15) is 13.2 Å². The Morgan fingerprint density at radius 2 is 0.667 bits per heavy atom. The SMILES string of the molecule is CC/C=C\C/C=C\C/C=C\C/C=C\C/C=C\C/C=C\C/C=C\C/C=C\CCCCCCCCCCCCCCCCC(=O)OC(COC(=O)CCCCCC/C=C\C/C=C\C/C=C\C/C=C\CC)COC(OCC[N+](C)(C)C)C(=O)[O-]. The van der Waals surface area contributed by atoms with Crippen LogP contribution in [0.4, 0.5) is 0 Å². The topological polar surface area (TPSA) is 111 Å². The molecule has 0 bridgehead atoms. The molecule has 0 aromatic rings. The zero-order valence-corrected chi connectivity index (χ0v) is 52.1. The molecule has 0 aliphatic rings. The van der Waals surface area contributed by atoms with Gasteiger partial charge >= 0.3 is 11.9 Å². The molecule has 0 aromatic heterocycles. The number of unbranched alkanes of at least 4 members (excludes halogenated alkanes) is 18. The second-order valence-electron chi connectivity index (χ2n) is 21.9. The summed E-state index contributed by atoms with van der Waals surface area (Å²) in [5.41, 5.74) is 0. The predicted molar refractivity (Wildman–Crippen MR) is 342 cm³/mol. The Morgan fingerprint density at radius 1 is 0.370 bits per heavy atom. The van der Waals surface area contributed by atoms with Gasteiger partial charge in [0.2, 0.25) is 0 Å². The van der Waals surface area contributed by atoms with Crippen molar-refractivity contribution in [3.8, 4) is 0 Å². The summed E-state index contributed by atoms with van der Waals surface area (Å²) < 4.78 is 22.7. The molecule has 0 saturated heterocycles. The van der Waals surface area contributed by atoms with Gasteiger partial charge in [-0.15, -0.1) is 0 Å². The largest absolute Gasteiger partial charge is 0.545 e. The fraction of sp³-hybridized carbons (Fsp3) is 0.625. The summed E-state index contributed by atoms with van der Waals surface area (Å²) in [4.78, 5) is 37.3. The Bertz CT molecular complexity index is 1840. The summed E-state index contributed by atoms with van der Waals surface area (Å²) in [5, 5.41) is 11.8. The summed E-state index contributed by atoms with van der Waals surface area (Å²) in [6, 6.07) is 0. The number of esters is 2. The molecule has 0 N–H and O–H groups in total. The van der Waals surface area contributed by atoms with Crippen LogP contribution in [-0.2, 0) is 33.3 Å². The van der Waals surface area contributed by atoms with Gasteiger partial charge in [0.15, 0.2) is 12.4 Å². The summed E-state index contributed by atoms with van der Waals surface area (Å²) in [5.74, 6) is -2.33. The van der Waals surface area contributed by atoms with Crippen LogP contribution in [0.5, 0.6) is 0 Å². The van der Waals surface area contributed by atoms with Gasteiger partial charge in [0.05, 0.1) is 40.3 Å². The normalized spacial score (nSPS) is 13.7. The molecule has 9 heteroatoms. The standard InChI is InChI=1S/C72H117NO8/c1-6-8-10-12-14-16-18-20-22-24-25-26-27-28-29-30-31-32-33-34-35-36-37-38-39-40-41-42-43-44-45-47-49-51-53-55-57-59-61-63-70(75)81-68(67-80-72(71(76)77)78-65-64-73(3,4)5)66-79-69(74)62-60-58-56-54-52-50-48-46-23-21-19-17-15-13-11-9-7-2/h8-11,14-17,20-23,25-26,28-29,31-32,34-35,37-38,48,50,68,72H,6-7,12-13,18-19,24,27,30,33,36,39-47,49,51-67H2,1-5H3/b10-8-,11-9-,16-14-,17-15-,22-20-,23-21-,26-25-,29-28-,32-31-,35-34-,38-37-,50-48-. The van der Waals surface area contributed by atoms with E-state index < -0.39 is 24.3 Å². The van der Waals surface area contributed by atoms with E-state index in [9.17, 15) is 19.5 Å². The molecule has 458 valence electrons. The maximum absolute atomic E-state index is 12.9. The van der Waals surface area contributed by atoms with Crippen LogP contribution in [0.3, 0.4) is 0 Å². The lowest BCUT2D eigenvalue weighted by molar-refractivity contribution is -0.870. The zero-order valence-electron chi connectivity index (χ0n) is 52.1. The number of carbonyl (C=O) groups excluding carboxylic acids is 3. The number of ether oxygens (including phenoxy) is 4. The number of allylic oxidation sites excluding steroid dienone is 24. The first-order valence-electron chi connectivity index (χ1n) is 32.0. The molecule has 0 aromatic carbocycles. The third-order valence-electron chi connectivity index (χ3n) is 13.1. The van der Waals surface area contributed by atoms with E-state index in [0.29, 0.717) is 23.9 Å². The molecule has 0 saturated carbocycles. The number of quaternary nitrogens is 1. The number of rotatable bonds is 57. The molecule has 0 radical (unpaired) electrons. The molecule has 9 nitrogen and oxygen atoms in total. The Balaban J connectivity index is 4.14. The molecule has 0 aliphatic heterocycles. The zero-order chi connectivity index (χ0) is 59.1. The van der Waals surface area contributed by atoms with Crippen LogP contribution >= 0.6 is 0 Å².